The average molecular weight is 855 g/mol. The van der Waals surface area contributed by atoms with E-state index in [0.29, 0.717) is 13.0 Å². The van der Waals surface area contributed by atoms with Crippen molar-refractivity contribution in [3.63, 3.8) is 0 Å². The number of esters is 5. The van der Waals surface area contributed by atoms with Crippen LogP contribution in [0.15, 0.2) is 0 Å². The molecule has 1 rings (SSSR count). The molecule has 0 saturated heterocycles. The molecule has 0 spiro atoms. The molecule has 0 aromatic rings. The van der Waals surface area contributed by atoms with Crippen LogP contribution in [0.25, 0.3) is 0 Å². The highest BCUT2D eigenvalue weighted by atomic mass is 16.7. The zero-order valence-electron chi connectivity index (χ0n) is 39.1. The second-order valence-electron chi connectivity index (χ2n) is 17.4. The lowest BCUT2D eigenvalue weighted by Crippen LogP contribution is -2.43. The van der Waals surface area contributed by atoms with E-state index < -0.39 is 66.5 Å². The smallest absolute Gasteiger partial charge is 0.306 e. The third-order valence-electron chi connectivity index (χ3n) is 11.3. The summed E-state index contributed by atoms with van der Waals surface area (Å²) in [5.74, 6) is -1.67. The summed E-state index contributed by atoms with van der Waals surface area (Å²) in [6.45, 7) is 14.3. The fraction of sp³-hybridized carbons (Fsp3) is 0.896. The maximum Gasteiger partial charge on any atom is 0.306 e. The van der Waals surface area contributed by atoms with E-state index in [9.17, 15) is 24.0 Å². The van der Waals surface area contributed by atoms with E-state index >= 15 is 0 Å². The molecule has 60 heavy (non-hydrogen) atoms. The summed E-state index contributed by atoms with van der Waals surface area (Å²) in [6, 6.07) is 0. The van der Waals surface area contributed by atoms with Crippen LogP contribution in [0.5, 0.6) is 0 Å². The summed E-state index contributed by atoms with van der Waals surface area (Å²) >= 11 is 0. The Morgan fingerprint density at radius 2 is 0.833 bits per heavy atom. The third-order valence-corrected chi connectivity index (χ3v) is 11.3. The molecule has 0 N–H and O–H groups in total. The van der Waals surface area contributed by atoms with E-state index in [1.54, 1.807) is 0 Å². The lowest BCUT2D eigenvalue weighted by atomic mass is 9.96. The van der Waals surface area contributed by atoms with E-state index in [4.69, 9.17) is 33.2 Å². The van der Waals surface area contributed by atoms with Crippen molar-refractivity contribution in [3.05, 3.63) is 0 Å². The van der Waals surface area contributed by atoms with Crippen LogP contribution in [-0.2, 0) is 57.1 Å². The van der Waals surface area contributed by atoms with Crippen LogP contribution < -0.4 is 0 Å². The molecular weight excluding hydrogens is 769 g/mol. The molecule has 1 saturated carbocycles. The van der Waals surface area contributed by atoms with Gasteiger partial charge >= 0.3 is 29.8 Å². The summed E-state index contributed by atoms with van der Waals surface area (Å²) in [7, 11) is 0. The Kier molecular flexibility index (Phi) is 32.1. The summed E-state index contributed by atoms with van der Waals surface area (Å²) in [5.41, 5.74) is 0. The van der Waals surface area contributed by atoms with E-state index in [0.717, 1.165) is 50.4 Å². The molecular formula is C48H86O12. The lowest BCUT2D eigenvalue weighted by molar-refractivity contribution is -0.181. The van der Waals surface area contributed by atoms with Crippen molar-refractivity contribution in [3.8, 4) is 0 Å². The first kappa shape index (κ1) is 55.3. The Morgan fingerprint density at radius 1 is 0.433 bits per heavy atom. The van der Waals surface area contributed by atoms with Gasteiger partial charge in [0.1, 0.15) is 12.2 Å². The fourth-order valence-corrected chi connectivity index (χ4v) is 8.04. The average Bonchev–Trinajstić information content (AvgIpc) is 3.41. The maximum absolute atomic E-state index is 13.3. The number of hydrogen-bond donors (Lipinski definition) is 0. The van der Waals surface area contributed by atoms with Gasteiger partial charge in [0, 0.05) is 40.7 Å². The van der Waals surface area contributed by atoms with Gasteiger partial charge in [-0.25, -0.2) is 0 Å². The summed E-state index contributed by atoms with van der Waals surface area (Å²) in [5, 5.41) is 0. The predicted octanol–water partition coefficient (Wildman–Crippen LogP) is 10.7. The minimum absolute atomic E-state index is 0.0459. The van der Waals surface area contributed by atoms with Crippen molar-refractivity contribution in [2.45, 2.75) is 246 Å². The Labute approximate surface area is 363 Å². The molecule has 0 heterocycles. The Balaban J connectivity index is 2.76. The van der Waals surface area contributed by atoms with Crippen LogP contribution in [0.4, 0.5) is 0 Å². The predicted molar refractivity (Wildman–Crippen MR) is 233 cm³/mol. The minimum atomic E-state index is -1.32. The Bertz CT molecular complexity index is 1160. The first-order chi connectivity index (χ1) is 28.8. The number of carbonyl (C=O) groups excluding carboxylic acids is 5. The van der Waals surface area contributed by atoms with Gasteiger partial charge in [0.15, 0.2) is 24.4 Å². The first-order valence-corrected chi connectivity index (χ1v) is 23.9. The molecule has 0 aliphatic heterocycles. The third kappa shape index (κ3) is 27.3. The van der Waals surface area contributed by atoms with Crippen molar-refractivity contribution < 1.29 is 57.1 Å². The van der Waals surface area contributed by atoms with Crippen LogP contribution in [0, 0.1) is 11.8 Å². The van der Waals surface area contributed by atoms with Crippen molar-refractivity contribution in [2.75, 3.05) is 19.8 Å². The van der Waals surface area contributed by atoms with Crippen LogP contribution in [-0.4, -0.2) is 86.3 Å². The largest absolute Gasteiger partial charge is 0.458 e. The number of carbonyl (C=O) groups is 5. The SMILES string of the molecule is CCCCCCC(C)CCCCCCCCCOC[C@@H](CO[C@@H]1[C@@H](OC(C)=O)[C@H](OC(C)=O)[C@@H](OC(C)=O)[C@@H]1OC(=O)CCCCCCCCC(C)CCCC)OC(C)=O. The van der Waals surface area contributed by atoms with Gasteiger partial charge in [-0.3, -0.25) is 24.0 Å². The van der Waals surface area contributed by atoms with Gasteiger partial charge in [-0.15, -0.1) is 0 Å². The quantitative estimate of drug-likeness (QED) is 0.0332. The molecule has 0 amide bonds. The minimum Gasteiger partial charge on any atom is -0.458 e. The second-order valence-corrected chi connectivity index (χ2v) is 17.4. The highest BCUT2D eigenvalue weighted by Gasteiger charge is 2.59. The topological polar surface area (TPSA) is 150 Å². The fourth-order valence-electron chi connectivity index (χ4n) is 8.04. The summed E-state index contributed by atoms with van der Waals surface area (Å²) in [6.07, 6.45) is 19.9. The molecule has 12 heteroatoms. The number of hydrogen-bond acceptors (Lipinski definition) is 12. The molecule has 1 aliphatic rings. The van der Waals surface area contributed by atoms with E-state index in [1.165, 1.54) is 130 Å². The number of ether oxygens (including phenoxy) is 7. The molecule has 0 bridgehead atoms. The van der Waals surface area contributed by atoms with Crippen molar-refractivity contribution in [1.82, 2.24) is 0 Å². The molecule has 8 atom stereocenters. The highest BCUT2D eigenvalue weighted by Crippen LogP contribution is 2.35. The van der Waals surface area contributed by atoms with Gasteiger partial charge in [0.05, 0.1) is 13.2 Å². The normalized spacial score (nSPS) is 20.2. The van der Waals surface area contributed by atoms with E-state index in [1.807, 2.05) is 0 Å². The van der Waals surface area contributed by atoms with Crippen LogP contribution in [0.2, 0.25) is 0 Å². The van der Waals surface area contributed by atoms with Crippen molar-refractivity contribution in [2.24, 2.45) is 11.8 Å². The zero-order valence-corrected chi connectivity index (χ0v) is 39.1. The van der Waals surface area contributed by atoms with Crippen molar-refractivity contribution >= 4 is 29.8 Å². The van der Waals surface area contributed by atoms with E-state index in [-0.39, 0.29) is 19.6 Å². The number of rotatable bonds is 37. The summed E-state index contributed by atoms with van der Waals surface area (Å²) in [4.78, 5) is 62.2. The molecule has 0 aromatic carbocycles. The zero-order chi connectivity index (χ0) is 44.5. The van der Waals surface area contributed by atoms with Crippen LogP contribution >= 0.6 is 0 Å². The molecule has 0 radical (unpaired) electrons. The standard InChI is InChI=1S/C48H86O12/c1-9-11-13-23-29-37(4)31-25-19-15-14-18-22-27-33-54-34-42(56-38(5)49)35-55-44-45(57-39(6)50)47(58-40(7)51)48(59-41(8)52)46(44)60-43(53)32-26-21-17-16-20-24-30-36(3)28-12-10-2/h36-37,42,44-48H,9-35H2,1-8H3/t36?,37?,42-,44+,45+,46+,47-,48-/m0/s1. The van der Waals surface area contributed by atoms with Gasteiger partial charge in [0.2, 0.25) is 0 Å². The van der Waals surface area contributed by atoms with Crippen molar-refractivity contribution in [1.29, 1.82) is 0 Å². The lowest BCUT2D eigenvalue weighted by Gasteiger charge is -2.27. The van der Waals surface area contributed by atoms with Gasteiger partial charge in [-0.05, 0) is 24.7 Å². The highest BCUT2D eigenvalue weighted by molar-refractivity contribution is 5.71. The Morgan fingerprint density at radius 3 is 1.30 bits per heavy atom. The second kappa shape index (κ2) is 34.8. The monoisotopic (exact) mass is 855 g/mol. The maximum atomic E-state index is 13.3. The molecule has 0 aromatic heterocycles. The molecule has 1 fully saturated rings. The van der Waals surface area contributed by atoms with Crippen LogP contribution in [0.1, 0.15) is 209 Å². The summed E-state index contributed by atoms with van der Waals surface area (Å²) < 4.78 is 40.2. The van der Waals surface area contributed by atoms with Gasteiger partial charge in [-0.1, -0.05) is 163 Å². The molecule has 12 nitrogen and oxygen atoms in total. The van der Waals surface area contributed by atoms with Gasteiger partial charge < -0.3 is 33.2 Å². The van der Waals surface area contributed by atoms with E-state index in [2.05, 4.69) is 27.7 Å². The van der Waals surface area contributed by atoms with Gasteiger partial charge in [-0.2, -0.15) is 0 Å². The molecule has 1 aliphatic carbocycles. The van der Waals surface area contributed by atoms with Crippen LogP contribution in [0.3, 0.4) is 0 Å². The van der Waals surface area contributed by atoms with Gasteiger partial charge in [0.25, 0.3) is 0 Å². The first-order valence-electron chi connectivity index (χ1n) is 23.9. The molecule has 2 unspecified atom stereocenters. The Hall–Kier alpha value is -2.73. The number of unbranched alkanes of at least 4 members (excludes halogenated alkanes) is 15. The molecule has 350 valence electrons.